The number of rotatable bonds is 26. The van der Waals surface area contributed by atoms with Crippen LogP contribution in [0.25, 0.3) is 0 Å². The Labute approximate surface area is 225 Å². The van der Waals surface area contributed by atoms with Gasteiger partial charge in [-0.25, -0.2) is 0 Å². The standard InChI is InChI=1S/C30H61O5P/c1-8-9-10-11-12-13-14-15-16-17-18-19-20-21-24-33-25-22-30(6,27-32-7)23-26-36(31,34-28(2)3)35-29(4)5/h23,26,28-29H,8-22,24-25,27H2,1-7H3/b26-23+/t30-/m0/s1. The van der Waals surface area contributed by atoms with Crippen LogP contribution in [0.3, 0.4) is 0 Å². The van der Waals surface area contributed by atoms with Crippen molar-refractivity contribution in [3.8, 4) is 0 Å². The van der Waals surface area contributed by atoms with Gasteiger partial charge in [-0.1, -0.05) is 103 Å². The molecule has 0 aromatic rings. The summed E-state index contributed by atoms with van der Waals surface area (Å²) in [6.07, 6.45) is 21.5. The Morgan fingerprint density at radius 2 is 1.17 bits per heavy atom. The van der Waals surface area contributed by atoms with E-state index < -0.39 is 7.60 Å². The van der Waals surface area contributed by atoms with Crippen molar-refractivity contribution >= 4 is 7.60 Å². The number of methoxy groups -OCH3 is 1. The Hall–Kier alpha value is -0.190. The van der Waals surface area contributed by atoms with Crippen LogP contribution in [0.4, 0.5) is 0 Å². The number of hydrogen-bond acceptors (Lipinski definition) is 5. The summed E-state index contributed by atoms with van der Waals surface area (Å²) in [5.74, 6) is 1.61. The van der Waals surface area contributed by atoms with Crippen molar-refractivity contribution in [2.45, 2.75) is 150 Å². The maximum atomic E-state index is 13.1. The fourth-order valence-corrected chi connectivity index (χ4v) is 6.20. The molecule has 36 heavy (non-hydrogen) atoms. The maximum Gasteiger partial charge on any atom is 0.354 e. The van der Waals surface area contributed by atoms with E-state index in [4.69, 9.17) is 18.5 Å². The highest BCUT2D eigenvalue weighted by Gasteiger charge is 2.28. The molecule has 0 aliphatic carbocycles. The minimum absolute atomic E-state index is 0.179. The zero-order valence-electron chi connectivity index (χ0n) is 25.0. The zero-order valence-corrected chi connectivity index (χ0v) is 25.9. The highest BCUT2D eigenvalue weighted by atomic mass is 31.2. The van der Waals surface area contributed by atoms with E-state index in [0.717, 1.165) is 19.4 Å². The predicted molar refractivity (Wildman–Crippen MR) is 155 cm³/mol. The third kappa shape index (κ3) is 21.9. The molecule has 0 aliphatic rings. The van der Waals surface area contributed by atoms with Crippen molar-refractivity contribution in [3.63, 3.8) is 0 Å². The highest BCUT2D eigenvalue weighted by Crippen LogP contribution is 2.53. The van der Waals surface area contributed by atoms with Crippen molar-refractivity contribution in [2.24, 2.45) is 5.41 Å². The molecule has 0 saturated carbocycles. The normalized spacial score (nSPS) is 14.4. The van der Waals surface area contributed by atoms with Crippen LogP contribution in [0, 0.1) is 5.41 Å². The average Bonchev–Trinajstić information content (AvgIpc) is 2.79. The highest BCUT2D eigenvalue weighted by molar-refractivity contribution is 7.57. The summed E-state index contributed by atoms with van der Waals surface area (Å²) in [5.41, 5.74) is -0.291. The SMILES string of the molecule is CCCCCCCCCCCCCCCCOCC[C@@](C)(/C=C/P(=O)(OC(C)C)OC(C)C)COC. The molecule has 0 rings (SSSR count). The lowest BCUT2D eigenvalue weighted by molar-refractivity contribution is 0.0686. The second-order valence-corrected chi connectivity index (χ2v) is 13.0. The van der Waals surface area contributed by atoms with Crippen molar-refractivity contribution in [2.75, 3.05) is 26.9 Å². The first kappa shape index (κ1) is 35.8. The molecule has 0 bridgehead atoms. The molecule has 0 aromatic carbocycles. The molecule has 0 amide bonds. The molecule has 0 spiro atoms. The van der Waals surface area contributed by atoms with E-state index >= 15 is 0 Å². The van der Waals surface area contributed by atoms with E-state index in [9.17, 15) is 4.57 Å². The second-order valence-electron chi connectivity index (χ2n) is 11.2. The minimum atomic E-state index is -3.31. The summed E-state index contributed by atoms with van der Waals surface area (Å²) in [6.45, 7) is 13.8. The fourth-order valence-electron chi connectivity index (χ4n) is 4.29. The van der Waals surface area contributed by atoms with Gasteiger partial charge in [0.1, 0.15) is 0 Å². The largest absolute Gasteiger partial charge is 0.384 e. The summed E-state index contributed by atoms with van der Waals surface area (Å²) in [5, 5.41) is 0. The lowest BCUT2D eigenvalue weighted by Gasteiger charge is -2.26. The maximum absolute atomic E-state index is 13.1. The van der Waals surface area contributed by atoms with Gasteiger partial charge >= 0.3 is 7.60 Å². The van der Waals surface area contributed by atoms with Gasteiger partial charge in [0.2, 0.25) is 0 Å². The molecule has 6 heteroatoms. The van der Waals surface area contributed by atoms with Crippen molar-refractivity contribution in [1.82, 2.24) is 0 Å². The molecular weight excluding hydrogens is 471 g/mol. The first-order valence-corrected chi connectivity index (χ1v) is 16.5. The van der Waals surface area contributed by atoms with Gasteiger partial charge in [0.15, 0.2) is 0 Å². The van der Waals surface area contributed by atoms with E-state index in [1.165, 1.54) is 83.5 Å². The molecule has 0 fully saturated rings. The molecule has 0 aromatic heterocycles. The smallest absolute Gasteiger partial charge is 0.354 e. The molecule has 216 valence electrons. The Balaban J connectivity index is 4.01. The Morgan fingerprint density at radius 3 is 1.58 bits per heavy atom. The van der Waals surface area contributed by atoms with Crippen molar-refractivity contribution in [1.29, 1.82) is 0 Å². The van der Waals surface area contributed by atoms with Gasteiger partial charge in [-0.2, -0.15) is 0 Å². The summed E-state index contributed by atoms with van der Waals surface area (Å²) in [4.78, 5) is 0. The summed E-state index contributed by atoms with van der Waals surface area (Å²) in [7, 11) is -1.62. The van der Waals surface area contributed by atoms with Crippen LogP contribution in [-0.2, 0) is 23.1 Å². The molecule has 5 nitrogen and oxygen atoms in total. The first-order chi connectivity index (χ1) is 17.2. The fraction of sp³-hybridized carbons (Fsp3) is 0.933. The third-order valence-corrected chi connectivity index (χ3v) is 8.25. The predicted octanol–water partition coefficient (Wildman–Crippen LogP) is 10.1. The third-order valence-electron chi connectivity index (χ3n) is 6.31. The van der Waals surface area contributed by atoms with Gasteiger partial charge in [0, 0.05) is 31.6 Å². The van der Waals surface area contributed by atoms with E-state index in [0.29, 0.717) is 13.2 Å². The van der Waals surface area contributed by atoms with Crippen LogP contribution in [-0.4, -0.2) is 39.1 Å². The number of ether oxygens (including phenoxy) is 2. The van der Waals surface area contributed by atoms with Crippen LogP contribution < -0.4 is 0 Å². The Bertz CT molecular complexity index is 550. The molecule has 0 unspecified atom stereocenters. The quantitative estimate of drug-likeness (QED) is 0.0819. The van der Waals surface area contributed by atoms with E-state index in [-0.39, 0.29) is 17.6 Å². The molecule has 0 aliphatic heterocycles. The lowest BCUT2D eigenvalue weighted by Crippen LogP contribution is -2.22. The van der Waals surface area contributed by atoms with E-state index in [1.54, 1.807) is 12.9 Å². The lowest BCUT2D eigenvalue weighted by atomic mass is 9.88. The van der Waals surface area contributed by atoms with Gasteiger partial charge in [-0.3, -0.25) is 4.57 Å². The van der Waals surface area contributed by atoms with Gasteiger partial charge < -0.3 is 18.5 Å². The van der Waals surface area contributed by atoms with Crippen LogP contribution in [0.1, 0.15) is 138 Å². The molecule has 0 saturated heterocycles. The first-order valence-electron chi connectivity index (χ1n) is 14.9. The van der Waals surface area contributed by atoms with Crippen LogP contribution in [0.5, 0.6) is 0 Å². The Kier molecular flexibility index (Phi) is 22.6. The molecule has 0 heterocycles. The summed E-state index contributed by atoms with van der Waals surface area (Å²) >= 11 is 0. The van der Waals surface area contributed by atoms with Gasteiger partial charge in [0.25, 0.3) is 0 Å². The van der Waals surface area contributed by atoms with Crippen LogP contribution >= 0.6 is 7.60 Å². The monoisotopic (exact) mass is 532 g/mol. The average molecular weight is 533 g/mol. The number of hydrogen-bond donors (Lipinski definition) is 0. The van der Waals surface area contributed by atoms with Crippen molar-refractivity contribution in [3.05, 3.63) is 11.9 Å². The van der Waals surface area contributed by atoms with Crippen LogP contribution in [0.2, 0.25) is 0 Å². The summed E-state index contributed by atoms with van der Waals surface area (Å²) in [6, 6.07) is 0. The van der Waals surface area contributed by atoms with E-state index in [1.807, 2.05) is 33.8 Å². The molecular formula is C30H61O5P. The Morgan fingerprint density at radius 1 is 0.722 bits per heavy atom. The van der Waals surface area contributed by atoms with Gasteiger partial charge in [-0.05, 0) is 40.5 Å². The number of unbranched alkanes of at least 4 members (excludes halogenated alkanes) is 13. The van der Waals surface area contributed by atoms with E-state index in [2.05, 4.69) is 13.8 Å². The second kappa shape index (κ2) is 22.8. The zero-order chi connectivity index (χ0) is 27.1. The molecule has 0 radical (unpaired) electrons. The summed E-state index contributed by atoms with van der Waals surface area (Å²) < 4.78 is 35.7. The van der Waals surface area contributed by atoms with Crippen molar-refractivity contribution < 1.29 is 23.1 Å². The van der Waals surface area contributed by atoms with Gasteiger partial charge in [-0.15, -0.1) is 0 Å². The van der Waals surface area contributed by atoms with Gasteiger partial charge in [0.05, 0.1) is 18.8 Å². The van der Waals surface area contributed by atoms with Crippen LogP contribution in [0.15, 0.2) is 11.9 Å². The topological polar surface area (TPSA) is 54.0 Å². The molecule has 0 N–H and O–H groups in total. The minimum Gasteiger partial charge on any atom is -0.384 e. The molecule has 1 atom stereocenters.